The minimum atomic E-state index is -0.434. The molecule has 1 aromatic carbocycles. The van der Waals surface area contributed by atoms with Crippen molar-refractivity contribution in [1.82, 2.24) is 14.3 Å². The molecule has 6 nitrogen and oxygen atoms in total. The lowest BCUT2D eigenvalue weighted by Crippen LogP contribution is -2.10. The molecule has 6 heteroatoms. The fourth-order valence-electron chi connectivity index (χ4n) is 2.93. The quantitative estimate of drug-likeness (QED) is 0.534. The fraction of sp³-hybridized carbons (Fsp3) is 0.158. The summed E-state index contributed by atoms with van der Waals surface area (Å²) in [6, 6.07) is 11.5. The molecule has 126 valence electrons. The van der Waals surface area contributed by atoms with Gasteiger partial charge >= 0.3 is 5.97 Å². The first-order chi connectivity index (χ1) is 12.1. The molecule has 0 spiro atoms. The molecule has 0 fully saturated rings. The summed E-state index contributed by atoms with van der Waals surface area (Å²) < 4.78 is 14.7. The van der Waals surface area contributed by atoms with Gasteiger partial charge in [-0.3, -0.25) is 4.68 Å². The Bertz CT molecular complexity index is 1040. The molecule has 0 atom stereocenters. The second-order valence-electron chi connectivity index (χ2n) is 5.82. The number of hydrogen-bond donors (Lipinski definition) is 0. The van der Waals surface area contributed by atoms with Gasteiger partial charge in [-0.15, -0.1) is 0 Å². The number of fused-ring (bicyclic) bond motifs is 1. The summed E-state index contributed by atoms with van der Waals surface area (Å²) in [6.07, 6.45) is 5.23. The molecular weight excluding hydrogens is 318 g/mol. The Balaban J connectivity index is 1.58. The van der Waals surface area contributed by atoms with E-state index < -0.39 is 5.97 Å². The lowest BCUT2D eigenvalue weighted by Gasteiger charge is -2.07. The zero-order valence-electron chi connectivity index (χ0n) is 14.0. The van der Waals surface area contributed by atoms with Crippen LogP contribution in [-0.4, -0.2) is 20.3 Å². The minimum Gasteiger partial charge on any atom is -0.457 e. The number of benzene rings is 1. The van der Waals surface area contributed by atoms with Crippen LogP contribution in [-0.2, 0) is 18.4 Å². The van der Waals surface area contributed by atoms with Crippen molar-refractivity contribution in [1.29, 1.82) is 0 Å². The van der Waals surface area contributed by atoms with E-state index in [1.165, 1.54) is 6.20 Å². The Morgan fingerprint density at radius 1 is 1.20 bits per heavy atom. The van der Waals surface area contributed by atoms with E-state index in [-0.39, 0.29) is 6.61 Å². The Morgan fingerprint density at radius 3 is 2.72 bits per heavy atom. The van der Waals surface area contributed by atoms with Crippen molar-refractivity contribution in [3.05, 3.63) is 71.9 Å². The normalized spacial score (nSPS) is 11.1. The lowest BCUT2D eigenvalue weighted by molar-refractivity contribution is 0.0446. The van der Waals surface area contributed by atoms with Gasteiger partial charge < -0.3 is 13.7 Å². The van der Waals surface area contributed by atoms with Gasteiger partial charge in [0, 0.05) is 30.4 Å². The molecule has 0 radical (unpaired) electrons. The third kappa shape index (κ3) is 2.61. The van der Waals surface area contributed by atoms with E-state index in [2.05, 4.69) is 5.10 Å². The van der Waals surface area contributed by atoms with Crippen LogP contribution in [0.15, 0.2) is 59.4 Å². The monoisotopic (exact) mass is 335 g/mol. The van der Waals surface area contributed by atoms with Crippen LogP contribution >= 0.6 is 0 Å². The van der Waals surface area contributed by atoms with Crippen LogP contribution in [0.25, 0.3) is 16.8 Å². The largest absolute Gasteiger partial charge is 0.457 e. The van der Waals surface area contributed by atoms with Crippen LogP contribution in [0.3, 0.4) is 0 Å². The molecule has 0 bridgehead atoms. The van der Waals surface area contributed by atoms with Crippen LogP contribution in [0.4, 0.5) is 0 Å². The van der Waals surface area contributed by atoms with Crippen molar-refractivity contribution in [2.45, 2.75) is 13.5 Å². The molecule has 0 aliphatic heterocycles. The first-order valence-electron chi connectivity index (χ1n) is 7.94. The number of aryl methyl sites for hydroxylation is 2. The highest BCUT2D eigenvalue weighted by Gasteiger charge is 2.20. The maximum absolute atomic E-state index is 12.5. The lowest BCUT2D eigenvalue weighted by atomic mass is 10.1. The molecule has 25 heavy (non-hydrogen) atoms. The van der Waals surface area contributed by atoms with Gasteiger partial charge in [0.1, 0.15) is 29.3 Å². The van der Waals surface area contributed by atoms with Gasteiger partial charge in [-0.25, -0.2) is 4.79 Å². The van der Waals surface area contributed by atoms with Gasteiger partial charge in [-0.2, -0.15) is 5.10 Å². The van der Waals surface area contributed by atoms with Crippen molar-refractivity contribution < 1.29 is 13.9 Å². The number of para-hydroxylation sites is 1. The Hall–Kier alpha value is -3.28. The minimum absolute atomic E-state index is 0.0827. The number of hydrogen-bond acceptors (Lipinski definition) is 4. The summed E-state index contributed by atoms with van der Waals surface area (Å²) in [7, 11) is 1.79. The summed E-state index contributed by atoms with van der Waals surface area (Å²) >= 11 is 0. The van der Waals surface area contributed by atoms with Crippen LogP contribution in [0.5, 0.6) is 0 Å². The molecule has 0 aliphatic carbocycles. The molecule has 3 aromatic heterocycles. The molecule has 4 rings (SSSR count). The zero-order valence-corrected chi connectivity index (χ0v) is 14.0. The molecule has 3 heterocycles. The van der Waals surface area contributed by atoms with Crippen molar-refractivity contribution in [3.8, 4) is 5.82 Å². The third-order valence-electron chi connectivity index (χ3n) is 4.25. The molecule has 0 aliphatic rings. The van der Waals surface area contributed by atoms with Crippen LogP contribution in [0.1, 0.15) is 21.7 Å². The number of rotatable bonds is 4. The summed E-state index contributed by atoms with van der Waals surface area (Å²) in [5, 5.41) is 5.20. The van der Waals surface area contributed by atoms with Crippen LogP contribution in [0.2, 0.25) is 0 Å². The molecule has 0 saturated carbocycles. The number of furan rings is 1. The number of esters is 1. The Morgan fingerprint density at radius 2 is 1.96 bits per heavy atom. The smallest absolute Gasteiger partial charge is 0.344 e. The molecule has 0 saturated heterocycles. The van der Waals surface area contributed by atoms with E-state index in [0.717, 1.165) is 16.5 Å². The topological polar surface area (TPSA) is 62.2 Å². The van der Waals surface area contributed by atoms with Gasteiger partial charge in [0.2, 0.25) is 0 Å². The fourth-order valence-corrected chi connectivity index (χ4v) is 2.93. The van der Waals surface area contributed by atoms with E-state index in [4.69, 9.17) is 9.15 Å². The summed E-state index contributed by atoms with van der Waals surface area (Å²) in [5.41, 5.74) is 2.19. The molecular formula is C19H17N3O3. The zero-order chi connectivity index (χ0) is 17.4. The van der Waals surface area contributed by atoms with Gasteiger partial charge in [0.15, 0.2) is 0 Å². The number of carbonyl (C=O) groups is 1. The summed E-state index contributed by atoms with van der Waals surface area (Å²) in [4.78, 5) is 12.5. The van der Waals surface area contributed by atoms with Gasteiger partial charge in [-0.05, 0) is 25.1 Å². The highest BCUT2D eigenvalue weighted by molar-refractivity contribution is 5.92. The van der Waals surface area contributed by atoms with E-state index in [9.17, 15) is 4.79 Å². The van der Waals surface area contributed by atoms with Crippen LogP contribution in [0, 0.1) is 6.92 Å². The number of carbonyl (C=O) groups excluding carboxylic acids is 1. The molecule has 0 unspecified atom stereocenters. The van der Waals surface area contributed by atoms with Gasteiger partial charge in [-0.1, -0.05) is 18.2 Å². The molecule has 0 N–H and O–H groups in total. The predicted octanol–water partition coefficient (Wildman–Crippen LogP) is 3.62. The molecule has 0 amide bonds. The summed E-state index contributed by atoms with van der Waals surface area (Å²) in [6.45, 7) is 2.05. The number of nitrogens with zero attached hydrogens (tertiary/aromatic N) is 3. The van der Waals surface area contributed by atoms with Crippen LogP contribution < -0.4 is 0 Å². The molecule has 4 aromatic rings. The Kier molecular flexibility index (Phi) is 3.65. The highest BCUT2D eigenvalue weighted by atomic mass is 16.5. The van der Waals surface area contributed by atoms with E-state index in [1.54, 1.807) is 11.7 Å². The maximum Gasteiger partial charge on any atom is 0.344 e. The average molecular weight is 335 g/mol. The first-order valence-corrected chi connectivity index (χ1v) is 7.94. The predicted molar refractivity (Wildman–Crippen MR) is 92.6 cm³/mol. The van der Waals surface area contributed by atoms with Crippen molar-refractivity contribution >= 4 is 16.9 Å². The van der Waals surface area contributed by atoms with E-state index in [1.807, 2.05) is 60.3 Å². The van der Waals surface area contributed by atoms with Crippen molar-refractivity contribution in [3.63, 3.8) is 0 Å². The third-order valence-corrected chi connectivity index (χ3v) is 4.25. The highest BCUT2D eigenvalue weighted by Crippen LogP contribution is 2.26. The number of ether oxygens (including phenoxy) is 1. The van der Waals surface area contributed by atoms with E-state index in [0.29, 0.717) is 17.1 Å². The Labute approximate surface area is 144 Å². The maximum atomic E-state index is 12.5. The second-order valence-corrected chi connectivity index (χ2v) is 5.82. The summed E-state index contributed by atoms with van der Waals surface area (Å²) in [5.74, 6) is 0.883. The number of aromatic nitrogens is 3. The first kappa shape index (κ1) is 15.3. The second kappa shape index (κ2) is 5.98. The standard InChI is InChI=1S/C19H17N3O3/c1-13-14-7-3-4-8-16(14)25-17(13)12-24-19(23)15-11-20-21(2)18(15)22-9-5-6-10-22/h3-11H,12H2,1-2H3. The van der Waals surface area contributed by atoms with Gasteiger partial charge in [0.05, 0.1) is 6.20 Å². The van der Waals surface area contributed by atoms with Crippen molar-refractivity contribution in [2.75, 3.05) is 0 Å². The SMILES string of the molecule is Cc1c(COC(=O)c2cnn(C)c2-n2cccc2)oc2ccccc12. The van der Waals surface area contributed by atoms with Gasteiger partial charge in [0.25, 0.3) is 0 Å². The van der Waals surface area contributed by atoms with E-state index >= 15 is 0 Å². The van der Waals surface area contributed by atoms with Crippen molar-refractivity contribution in [2.24, 2.45) is 7.05 Å². The average Bonchev–Trinajstić information content (AvgIpc) is 3.33.